The molecule has 2 fully saturated rings. The van der Waals surface area contributed by atoms with Crippen molar-refractivity contribution < 1.29 is 4.52 Å². The zero-order valence-electron chi connectivity index (χ0n) is 15.0. The SMILES string of the molecule is CC(C)c1noc(CN2CC(N3CCN(c4ccccn4)CC3)C2)n1. The van der Waals surface area contributed by atoms with Crippen LogP contribution in [0.2, 0.25) is 0 Å². The van der Waals surface area contributed by atoms with E-state index in [0.717, 1.165) is 63.3 Å². The molecular weight excluding hydrogens is 316 g/mol. The zero-order valence-corrected chi connectivity index (χ0v) is 15.0. The molecule has 4 heterocycles. The van der Waals surface area contributed by atoms with Gasteiger partial charge in [-0.15, -0.1) is 0 Å². The fourth-order valence-corrected chi connectivity index (χ4v) is 3.52. The van der Waals surface area contributed by atoms with Crippen molar-refractivity contribution in [3.8, 4) is 0 Å². The van der Waals surface area contributed by atoms with Gasteiger partial charge in [-0.1, -0.05) is 25.1 Å². The van der Waals surface area contributed by atoms with E-state index in [-0.39, 0.29) is 0 Å². The highest BCUT2D eigenvalue weighted by Crippen LogP contribution is 2.21. The van der Waals surface area contributed by atoms with Crippen LogP contribution in [0, 0.1) is 0 Å². The largest absolute Gasteiger partial charge is 0.354 e. The molecule has 0 radical (unpaired) electrons. The van der Waals surface area contributed by atoms with Gasteiger partial charge in [0.05, 0.1) is 6.54 Å². The van der Waals surface area contributed by atoms with Crippen LogP contribution in [0.15, 0.2) is 28.9 Å². The third kappa shape index (κ3) is 3.67. The molecule has 0 aliphatic carbocycles. The zero-order chi connectivity index (χ0) is 17.2. The Hall–Kier alpha value is -1.99. The van der Waals surface area contributed by atoms with Crippen molar-refractivity contribution in [3.05, 3.63) is 36.1 Å². The van der Waals surface area contributed by atoms with E-state index in [0.29, 0.717) is 12.0 Å². The van der Waals surface area contributed by atoms with Gasteiger partial charge in [-0.2, -0.15) is 4.98 Å². The molecule has 2 saturated heterocycles. The maximum Gasteiger partial charge on any atom is 0.240 e. The molecule has 7 heteroatoms. The van der Waals surface area contributed by atoms with Crippen LogP contribution in [0.5, 0.6) is 0 Å². The van der Waals surface area contributed by atoms with Crippen molar-refractivity contribution in [1.82, 2.24) is 24.9 Å². The van der Waals surface area contributed by atoms with E-state index in [4.69, 9.17) is 4.52 Å². The number of anilines is 1. The topological polar surface area (TPSA) is 61.5 Å². The molecule has 0 aromatic carbocycles. The van der Waals surface area contributed by atoms with E-state index in [1.54, 1.807) is 0 Å². The summed E-state index contributed by atoms with van der Waals surface area (Å²) in [5, 5.41) is 4.04. The lowest BCUT2D eigenvalue weighted by atomic mass is 10.1. The fourth-order valence-electron chi connectivity index (χ4n) is 3.52. The fraction of sp³-hybridized carbons (Fsp3) is 0.611. The molecule has 2 aromatic rings. The van der Waals surface area contributed by atoms with Crippen LogP contribution in [-0.2, 0) is 6.54 Å². The number of hydrogen-bond donors (Lipinski definition) is 0. The van der Waals surface area contributed by atoms with Crippen molar-refractivity contribution in [2.75, 3.05) is 44.2 Å². The van der Waals surface area contributed by atoms with Crippen molar-refractivity contribution in [2.24, 2.45) is 0 Å². The predicted molar refractivity (Wildman–Crippen MR) is 95.5 cm³/mol. The third-order valence-corrected chi connectivity index (χ3v) is 5.10. The van der Waals surface area contributed by atoms with Crippen molar-refractivity contribution in [1.29, 1.82) is 0 Å². The molecule has 0 unspecified atom stereocenters. The number of pyridine rings is 1. The lowest BCUT2D eigenvalue weighted by Crippen LogP contribution is -2.62. The van der Waals surface area contributed by atoms with E-state index in [9.17, 15) is 0 Å². The summed E-state index contributed by atoms with van der Waals surface area (Å²) in [5.74, 6) is 2.95. The second-order valence-corrected chi connectivity index (χ2v) is 7.26. The lowest BCUT2D eigenvalue weighted by molar-refractivity contribution is 0.0196. The second kappa shape index (κ2) is 7.09. The van der Waals surface area contributed by atoms with Crippen molar-refractivity contribution in [2.45, 2.75) is 32.4 Å². The molecule has 0 saturated carbocycles. The minimum atomic E-state index is 0.317. The Morgan fingerprint density at radius 3 is 2.60 bits per heavy atom. The van der Waals surface area contributed by atoms with Crippen molar-refractivity contribution >= 4 is 5.82 Å². The Bertz CT molecular complexity index is 674. The smallest absolute Gasteiger partial charge is 0.240 e. The van der Waals surface area contributed by atoms with Gasteiger partial charge in [0.2, 0.25) is 5.89 Å². The van der Waals surface area contributed by atoms with Gasteiger partial charge in [-0.05, 0) is 12.1 Å². The third-order valence-electron chi connectivity index (χ3n) is 5.10. The minimum absolute atomic E-state index is 0.317. The van der Waals surface area contributed by atoms with Crippen LogP contribution in [0.25, 0.3) is 0 Å². The second-order valence-electron chi connectivity index (χ2n) is 7.26. The van der Waals surface area contributed by atoms with Gasteiger partial charge in [0, 0.05) is 57.4 Å². The quantitative estimate of drug-likeness (QED) is 0.818. The molecule has 0 bridgehead atoms. The summed E-state index contributed by atoms with van der Waals surface area (Å²) >= 11 is 0. The van der Waals surface area contributed by atoms with E-state index in [2.05, 4.69) is 55.8 Å². The van der Waals surface area contributed by atoms with Gasteiger partial charge in [-0.3, -0.25) is 9.80 Å². The molecule has 25 heavy (non-hydrogen) atoms. The molecule has 0 spiro atoms. The highest BCUT2D eigenvalue weighted by atomic mass is 16.5. The monoisotopic (exact) mass is 342 g/mol. The summed E-state index contributed by atoms with van der Waals surface area (Å²) in [5.41, 5.74) is 0. The summed E-state index contributed by atoms with van der Waals surface area (Å²) in [6.45, 7) is 11.4. The Balaban J connectivity index is 1.22. The van der Waals surface area contributed by atoms with Gasteiger partial charge in [0.15, 0.2) is 5.82 Å². The first kappa shape index (κ1) is 16.5. The number of likely N-dealkylation sites (tertiary alicyclic amines) is 1. The minimum Gasteiger partial charge on any atom is -0.354 e. The van der Waals surface area contributed by atoms with Gasteiger partial charge in [0.1, 0.15) is 5.82 Å². The van der Waals surface area contributed by atoms with Crippen LogP contribution in [0.4, 0.5) is 5.82 Å². The highest BCUT2D eigenvalue weighted by molar-refractivity contribution is 5.38. The summed E-state index contributed by atoms with van der Waals surface area (Å²) in [6, 6.07) is 6.77. The molecule has 2 aliphatic rings. The van der Waals surface area contributed by atoms with Gasteiger partial charge in [-0.25, -0.2) is 4.98 Å². The normalized spacial score (nSPS) is 20.2. The maximum atomic E-state index is 5.35. The number of hydrogen-bond acceptors (Lipinski definition) is 7. The van der Waals surface area contributed by atoms with Crippen LogP contribution in [0.1, 0.15) is 31.5 Å². The van der Waals surface area contributed by atoms with Crippen LogP contribution in [0.3, 0.4) is 0 Å². The molecular formula is C18H26N6O. The Morgan fingerprint density at radius 2 is 1.96 bits per heavy atom. The van der Waals surface area contributed by atoms with Crippen LogP contribution in [-0.4, -0.2) is 70.2 Å². The standard InChI is InChI=1S/C18H26N6O/c1-14(2)18-20-17(25-21-18)13-22-11-15(12-22)23-7-9-24(10-8-23)16-5-3-4-6-19-16/h3-6,14-15H,7-13H2,1-2H3. The summed E-state index contributed by atoms with van der Waals surface area (Å²) in [4.78, 5) is 16.3. The highest BCUT2D eigenvalue weighted by Gasteiger charge is 2.34. The maximum absolute atomic E-state index is 5.35. The molecule has 0 amide bonds. The number of nitrogens with zero attached hydrogens (tertiary/aromatic N) is 6. The van der Waals surface area contributed by atoms with Gasteiger partial charge >= 0.3 is 0 Å². The summed E-state index contributed by atoms with van der Waals surface area (Å²) in [7, 11) is 0. The Kier molecular flexibility index (Phi) is 4.67. The van der Waals surface area contributed by atoms with Crippen LogP contribution < -0.4 is 4.90 Å². The molecule has 134 valence electrons. The van der Waals surface area contributed by atoms with E-state index in [1.165, 1.54) is 0 Å². The first-order valence-corrected chi connectivity index (χ1v) is 9.14. The molecule has 7 nitrogen and oxygen atoms in total. The molecule has 0 N–H and O–H groups in total. The van der Waals surface area contributed by atoms with E-state index in [1.807, 2.05) is 12.3 Å². The summed E-state index contributed by atoms with van der Waals surface area (Å²) in [6.07, 6.45) is 1.87. The summed E-state index contributed by atoms with van der Waals surface area (Å²) < 4.78 is 5.35. The Labute approximate surface area is 148 Å². The number of rotatable bonds is 5. The first-order chi connectivity index (χ1) is 12.2. The van der Waals surface area contributed by atoms with Gasteiger partial charge < -0.3 is 9.42 Å². The molecule has 4 rings (SSSR count). The number of piperazine rings is 1. The predicted octanol–water partition coefficient (Wildman–Crippen LogP) is 1.59. The molecule has 2 aromatic heterocycles. The average Bonchev–Trinajstić information content (AvgIpc) is 3.08. The van der Waals surface area contributed by atoms with Crippen molar-refractivity contribution in [3.63, 3.8) is 0 Å². The number of aromatic nitrogens is 3. The van der Waals surface area contributed by atoms with E-state index >= 15 is 0 Å². The van der Waals surface area contributed by atoms with E-state index < -0.39 is 0 Å². The molecule has 0 atom stereocenters. The van der Waals surface area contributed by atoms with Crippen LogP contribution >= 0.6 is 0 Å². The van der Waals surface area contributed by atoms with Gasteiger partial charge in [0.25, 0.3) is 0 Å². The lowest BCUT2D eigenvalue weighted by Gasteiger charge is -2.48. The Morgan fingerprint density at radius 1 is 1.16 bits per heavy atom. The first-order valence-electron chi connectivity index (χ1n) is 9.14. The average molecular weight is 342 g/mol. The molecule has 2 aliphatic heterocycles.